The number of benzene rings is 12. The summed E-state index contributed by atoms with van der Waals surface area (Å²) in [6.45, 7) is 0. The highest BCUT2D eigenvalue weighted by molar-refractivity contribution is 6.10. The first-order chi connectivity index (χ1) is 47.9. The molecule has 12 aromatic carbocycles. The summed E-state index contributed by atoms with van der Waals surface area (Å²) in [5.41, 5.74) is 15.8. The third-order valence-electron chi connectivity index (χ3n) is 18.2. The van der Waals surface area contributed by atoms with Gasteiger partial charge in [-0.2, -0.15) is 9.97 Å². The van der Waals surface area contributed by atoms with Crippen molar-refractivity contribution in [1.29, 1.82) is 0 Å². The fourth-order valence-electron chi connectivity index (χ4n) is 13.7. The van der Waals surface area contributed by atoms with E-state index >= 15 is 4.79 Å². The molecule has 0 aliphatic heterocycles. The van der Waals surface area contributed by atoms with E-state index in [9.17, 15) is 4.79 Å². The number of imidazole rings is 2. The summed E-state index contributed by atoms with van der Waals surface area (Å²) in [5, 5.41) is 3.70. The highest BCUT2D eigenvalue weighted by Gasteiger charge is 2.24. The van der Waals surface area contributed by atoms with Crippen LogP contribution in [0.4, 0.5) is 0 Å². The number of hydrogen-bond donors (Lipinski definition) is 0. The van der Waals surface area contributed by atoms with Gasteiger partial charge in [-0.05, 0) is 125 Å². The van der Waals surface area contributed by atoms with Crippen LogP contribution in [-0.4, -0.2) is 62.4 Å². The summed E-state index contributed by atoms with van der Waals surface area (Å²) in [6.07, 6.45) is 0. The average Bonchev–Trinajstić information content (AvgIpc) is 1.62. The number of nitrogens with zero attached hydrogens (tertiary/aromatic N) is 13. The largest absolute Gasteiger partial charge is 0.339 e. The molecule has 0 atom stereocenters. The van der Waals surface area contributed by atoms with E-state index in [0.717, 1.165) is 93.8 Å². The van der Waals surface area contributed by atoms with Crippen LogP contribution in [-0.2, 0) is 0 Å². The summed E-state index contributed by atoms with van der Waals surface area (Å²) < 4.78 is 9.07. The monoisotopic (exact) mass is 1250 g/mol. The highest BCUT2D eigenvalue weighted by atomic mass is 16.2. The van der Waals surface area contributed by atoms with E-state index in [0.29, 0.717) is 79.7 Å². The molecule has 0 aliphatic carbocycles. The predicted molar refractivity (Wildman–Crippen MR) is 384 cm³/mol. The van der Waals surface area contributed by atoms with Crippen LogP contribution in [0.3, 0.4) is 0 Å². The first-order valence-electron chi connectivity index (χ1n) is 31.8. The Kier molecular flexibility index (Phi) is 12.5. The van der Waals surface area contributed by atoms with Gasteiger partial charge in [0.25, 0.3) is 0 Å². The van der Waals surface area contributed by atoms with Crippen LogP contribution < -0.4 is 11.4 Å². The standard InChI is InChI=1S/C82H49N13O2/c96-81-91(59-30-11-4-12-31-59)68-37-17-14-34-62(68)78-83-65-42-39-56(48-71(65)94(78)81)55-41-44-70-64(47-55)61-33-13-16-36-67(61)93(70)80-89-75(52-25-9-3-10-26-52)88-77(90-80)57-29-19-27-53(45-57)54-28-20-32-60(46-54)92-69-38-18-15-35-63(69)79-84-66-43-40-58(49-72(66)95(79)82(92)97)76-86-73(50-21-5-1-6-22-50)85-74(87-76)51-23-7-2-8-24-51/h1-49H. The Morgan fingerprint density at radius 1 is 0.216 bits per heavy atom. The number of hydrogen-bond acceptors (Lipinski definition) is 10. The lowest BCUT2D eigenvalue weighted by Gasteiger charge is -2.14. The molecule has 0 bridgehead atoms. The van der Waals surface area contributed by atoms with Gasteiger partial charge in [0.15, 0.2) is 40.4 Å². The zero-order valence-corrected chi connectivity index (χ0v) is 51.4. The smallest absolute Gasteiger partial charge is 0.278 e. The van der Waals surface area contributed by atoms with Gasteiger partial charge >= 0.3 is 11.4 Å². The summed E-state index contributed by atoms with van der Waals surface area (Å²) in [4.78, 5) is 71.2. The number of fused-ring (bicyclic) bond motifs is 13. The Morgan fingerprint density at radius 3 is 1.15 bits per heavy atom. The molecule has 0 N–H and O–H groups in total. The fourth-order valence-corrected chi connectivity index (χ4v) is 13.7. The van der Waals surface area contributed by atoms with E-state index in [1.54, 1.807) is 17.9 Å². The van der Waals surface area contributed by atoms with Gasteiger partial charge in [-0.1, -0.05) is 194 Å². The zero-order chi connectivity index (χ0) is 64.2. The van der Waals surface area contributed by atoms with Crippen LogP contribution in [0.5, 0.6) is 0 Å². The molecule has 19 rings (SSSR count). The lowest BCUT2D eigenvalue weighted by atomic mass is 10.0. The minimum atomic E-state index is -0.285. The Balaban J connectivity index is 0.714. The molecule has 0 fully saturated rings. The Bertz CT molecular complexity index is 6500. The maximum atomic E-state index is 15.5. The van der Waals surface area contributed by atoms with E-state index in [4.69, 9.17) is 39.9 Å². The SMILES string of the molecule is O=c1n(-c2ccccc2)c2ccccc2c2nc3ccc(-c4ccc5c(c4)c4ccccc4n5-c4nc(-c5ccccc5)nc(-c5cccc(-c6cccc(-n7c(=O)n8c9cc(-c%10nc(-c%11ccccc%11)nc(-c%11ccccc%11)n%10)ccc9nc8c8ccccc87)c6)c5)n4)cc3n12. The molecule has 97 heavy (non-hydrogen) atoms. The van der Waals surface area contributed by atoms with Crippen molar-refractivity contribution >= 4 is 77.0 Å². The zero-order valence-electron chi connectivity index (χ0n) is 51.4. The van der Waals surface area contributed by atoms with Crippen molar-refractivity contribution < 1.29 is 0 Å². The van der Waals surface area contributed by atoms with Gasteiger partial charge < -0.3 is 0 Å². The first-order valence-corrected chi connectivity index (χ1v) is 31.8. The minimum Gasteiger partial charge on any atom is -0.278 e. The predicted octanol–water partition coefficient (Wildman–Crippen LogP) is 17.0. The van der Waals surface area contributed by atoms with Crippen LogP contribution >= 0.6 is 0 Å². The molecular formula is C82H49N13O2. The van der Waals surface area contributed by atoms with Crippen molar-refractivity contribution in [3.8, 4) is 96.5 Å². The molecule has 0 radical (unpaired) electrons. The molecule has 0 amide bonds. The van der Waals surface area contributed by atoms with Crippen molar-refractivity contribution in [3.05, 3.63) is 318 Å². The Hall–Kier alpha value is -13.7. The topological polar surface area (TPSA) is 161 Å². The second kappa shape index (κ2) is 22.0. The second-order valence-corrected chi connectivity index (χ2v) is 24.0. The van der Waals surface area contributed by atoms with E-state index in [-0.39, 0.29) is 11.4 Å². The van der Waals surface area contributed by atoms with Crippen molar-refractivity contribution in [2.45, 2.75) is 0 Å². The molecule has 0 aliphatic rings. The maximum Gasteiger partial charge on any atom is 0.339 e. The number of para-hydroxylation sites is 4. The van der Waals surface area contributed by atoms with Crippen LogP contribution in [0, 0.1) is 0 Å². The lowest BCUT2D eigenvalue weighted by Crippen LogP contribution is -2.25. The fraction of sp³-hybridized carbons (Fsp3) is 0. The van der Waals surface area contributed by atoms with Crippen molar-refractivity contribution in [3.63, 3.8) is 0 Å². The minimum absolute atomic E-state index is 0.197. The molecule has 0 saturated heterocycles. The van der Waals surface area contributed by atoms with Crippen molar-refractivity contribution in [2.24, 2.45) is 0 Å². The summed E-state index contributed by atoms with van der Waals surface area (Å²) in [5.74, 6) is 2.99. The van der Waals surface area contributed by atoms with Gasteiger partial charge in [0, 0.05) is 49.4 Å². The molecule has 7 heterocycles. The van der Waals surface area contributed by atoms with Crippen molar-refractivity contribution in [1.82, 2.24) is 62.4 Å². The normalized spacial score (nSPS) is 11.8. The summed E-state index contributed by atoms with van der Waals surface area (Å²) in [7, 11) is 0. The molecular weight excluding hydrogens is 1200 g/mol. The van der Waals surface area contributed by atoms with Gasteiger partial charge in [-0.3, -0.25) is 13.7 Å². The quantitative estimate of drug-likeness (QED) is 0.129. The lowest BCUT2D eigenvalue weighted by molar-refractivity contribution is 0.932. The van der Waals surface area contributed by atoms with Gasteiger partial charge in [0.1, 0.15) is 0 Å². The Morgan fingerprint density at radius 2 is 0.577 bits per heavy atom. The van der Waals surface area contributed by atoms with E-state index in [2.05, 4.69) is 71.3 Å². The van der Waals surface area contributed by atoms with E-state index < -0.39 is 0 Å². The summed E-state index contributed by atoms with van der Waals surface area (Å²) >= 11 is 0. The maximum absolute atomic E-state index is 15.5. The van der Waals surface area contributed by atoms with Crippen LogP contribution in [0.1, 0.15) is 0 Å². The molecule has 0 spiro atoms. The molecule has 7 aromatic heterocycles. The molecule has 19 aromatic rings. The molecule has 15 nitrogen and oxygen atoms in total. The molecule has 0 unspecified atom stereocenters. The van der Waals surface area contributed by atoms with Crippen LogP contribution in [0.15, 0.2) is 307 Å². The van der Waals surface area contributed by atoms with E-state index in [1.807, 2.05) is 231 Å². The second-order valence-electron chi connectivity index (χ2n) is 24.0. The van der Waals surface area contributed by atoms with Gasteiger partial charge in [-0.15, -0.1) is 0 Å². The van der Waals surface area contributed by atoms with Gasteiger partial charge in [-0.25, -0.2) is 48.3 Å². The molecule has 15 heteroatoms. The summed E-state index contributed by atoms with van der Waals surface area (Å²) in [6, 6.07) is 98.2. The van der Waals surface area contributed by atoms with E-state index in [1.165, 1.54) is 0 Å². The molecule has 454 valence electrons. The Labute approximate surface area is 551 Å². The first kappa shape index (κ1) is 55.0. The van der Waals surface area contributed by atoms with Gasteiger partial charge in [0.2, 0.25) is 5.95 Å². The van der Waals surface area contributed by atoms with Crippen molar-refractivity contribution in [2.75, 3.05) is 0 Å². The highest BCUT2D eigenvalue weighted by Crippen LogP contribution is 2.38. The average molecular weight is 1250 g/mol. The number of aromatic nitrogens is 13. The van der Waals surface area contributed by atoms with Gasteiger partial charge in [0.05, 0.1) is 55.5 Å². The third-order valence-corrected chi connectivity index (χ3v) is 18.2. The molecule has 0 saturated carbocycles. The van der Waals surface area contributed by atoms with Crippen LogP contribution in [0.2, 0.25) is 0 Å². The van der Waals surface area contributed by atoms with Crippen LogP contribution in [0.25, 0.3) is 173 Å². The number of rotatable bonds is 10. The third kappa shape index (κ3) is 9.05.